The minimum atomic E-state index is -0.468. The van der Waals surface area contributed by atoms with E-state index in [2.05, 4.69) is 0 Å². The van der Waals surface area contributed by atoms with E-state index in [1.165, 1.54) is 0 Å². The van der Waals surface area contributed by atoms with Gasteiger partial charge in [0.1, 0.15) is 5.56 Å². The standard InChI is InChI=1S/C18H22N2O4/c1-3-5-9-14-13-11-7-8-12-15(13)18(20(23)24)16(10-6-4-2)17(14)19(21)22/h7-8,11-12H,3-6,9-10H2,1-2H3. The monoisotopic (exact) mass is 330 g/mol. The molecule has 0 fully saturated rings. The molecule has 0 N–H and O–H groups in total. The number of nitrogens with zero attached hydrogens (tertiary/aromatic N) is 2. The van der Waals surface area contributed by atoms with Gasteiger partial charge in [-0.15, -0.1) is 0 Å². The summed E-state index contributed by atoms with van der Waals surface area (Å²) in [6.45, 7) is 3.99. The van der Waals surface area contributed by atoms with Gasteiger partial charge >= 0.3 is 0 Å². The van der Waals surface area contributed by atoms with Crippen molar-refractivity contribution in [2.75, 3.05) is 0 Å². The van der Waals surface area contributed by atoms with Crippen molar-refractivity contribution in [2.24, 2.45) is 0 Å². The molecule has 24 heavy (non-hydrogen) atoms. The molecule has 0 saturated heterocycles. The molecule has 6 nitrogen and oxygen atoms in total. The number of unbranched alkanes of at least 4 members (excludes halogenated alkanes) is 2. The summed E-state index contributed by atoms with van der Waals surface area (Å²) in [5.74, 6) is 0. The molecule has 0 aliphatic rings. The average molecular weight is 330 g/mol. The highest BCUT2D eigenvalue weighted by molar-refractivity contribution is 5.98. The first kappa shape index (κ1) is 17.8. The first-order valence-corrected chi connectivity index (χ1v) is 8.38. The van der Waals surface area contributed by atoms with Crippen LogP contribution in [0.1, 0.15) is 50.7 Å². The van der Waals surface area contributed by atoms with Crippen molar-refractivity contribution < 1.29 is 9.85 Å². The van der Waals surface area contributed by atoms with Gasteiger partial charge in [0.2, 0.25) is 0 Å². The Hall–Kier alpha value is -2.50. The number of nitro benzene ring substituents is 2. The molecule has 0 spiro atoms. The van der Waals surface area contributed by atoms with Crippen LogP contribution in [0.5, 0.6) is 0 Å². The van der Waals surface area contributed by atoms with Gasteiger partial charge < -0.3 is 0 Å². The molecule has 2 aromatic carbocycles. The third-order valence-electron chi connectivity index (χ3n) is 4.29. The molecule has 0 aromatic heterocycles. The van der Waals surface area contributed by atoms with Crippen LogP contribution in [0.4, 0.5) is 11.4 Å². The van der Waals surface area contributed by atoms with E-state index in [-0.39, 0.29) is 16.9 Å². The van der Waals surface area contributed by atoms with Crippen molar-refractivity contribution in [1.82, 2.24) is 0 Å². The maximum atomic E-state index is 11.8. The quantitative estimate of drug-likeness (QED) is 0.483. The van der Waals surface area contributed by atoms with Gasteiger partial charge in [0, 0.05) is 5.56 Å². The van der Waals surface area contributed by atoms with Crippen LogP contribution in [-0.4, -0.2) is 9.85 Å². The Bertz CT molecular complexity index is 771. The second kappa shape index (κ2) is 7.86. The molecule has 0 saturated carbocycles. The minimum absolute atomic E-state index is 0.0534. The van der Waals surface area contributed by atoms with E-state index in [0.29, 0.717) is 35.6 Å². The first-order chi connectivity index (χ1) is 11.5. The van der Waals surface area contributed by atoms with Crippen molar-refractivity contribution in [3.63, 3.8) is 0 Å². The Morgan fingerprint density at radius 2 is 1.29 bits per heavy atom. The highest BCUT2D eigenvalue weighted by Gasteiger charge is 2.32. The van der Waals surface area contributed by atoms with Crippen molar-refractivity contribution in [3.05, 3.63) is 55.6 Å². The normalized spacial score (nSPS) is 10.9. The summed E-state index contributed by atoms with van der Waals surface area (Å²) in [6.07, 6.45) is 4.15. The molecule has 0 amide bonds. The Kier molecular flexibility index (Phi) is 5.84. The summed E-state index contributed by atoms with van der Waals surface area (Å²) in [7, 11) is 0. The second-order valence-electron chi connectivity index (χ2n) is 5.92. The predicted octanol–water partition coefficient (Wildman–Crippen LogP) is 5.34. The molecular formula is C18H22N2O4. The fourth-order valence-corrected chi connectivity index (χ4v) is 3.16. The molecular weight excluding hydrogens is 308 g/mol. The largest absolute Gasteiger partial charge is 0.287 e. The Labute approximate surface area is 140 Å². The summed E-state index contributed by atoms with van der Waals surface area (Å²) in [6, 6.07) is 6.97. The van der Waals surface area contributed by atoms with Crippen LogP contribution in [0.15, 0.2) is 24.3 Å². The SMILES string of the molecule is CCCCc1c([N+](=O)[O-])c(CCCC)c2ccccc2c1[N+](=O)[O-]. The molecule has 0 atom stereocenters. The van der Waals surface area contributed by atoms with Crippen molar-refractivity contribution in [2.45, 2.75) is 52.4 Å². The van der Waals surface area contributed by atoms with Crippen LogP contribution >= 0.6 is 0 Å². The van der Waals surface area contributed by atoms with Gasteiger partial charge in [-0.3, -0.25) is 20.2 Å². The van der Waals surface area contributed by atoms with E-state index in [1.807, 2.05) is 13.8 Å². The van der Waals surface area contributed by atoms with Gasteiger partial charge in [-0.2, -0.15) is 0 Å². The first-order valence-electron chi connectivity index (χ1n) is 8.38. The lowest BCUT2D eigenvalue weighted by atomic mass is 9.91. The molecule has 0 heterocycles. The molecule has 6 heteroatoms. The summed E-state index contributed by atoms with van der Waals surface area (Å²) in [5.41, 5.74) is 0.749. The van der Waals surface area contributed by atoms with Crippen molar-refractivity contribution in [3.8, 4) is 0 Å². The Morgan fingerprint density at radius 3 is 1.79 bits per heavy atom. The molecule has 2 aromatic rings. The molecule has 128 valence electrons. The summed E-state index contributed by atoms with van der Waals surface area (Å²) >= 11 is 0. The van der Waals surface area contributed by atoms with Crippen LogP contribution in [0.3, 0.4) is 0 Å². The average Bonchev–Trinajstić information content (AvgIpc) is 2.56. The van der Waals surface area contributed by atoms with Crippen molar-refractivity contribution >= 4 is 22.1 Å². The predicted molar refractivity (Wildman–Crippen MR) is 94.5 cm³/mol. The maximum Gasteiger partial charge on any atom is 0.287 e. The number of benzene rings is 2. The zero-order chi connectivity index (χ0) is 17.7. The fraction of sp³-hybridized carbons (Fsp3) is 0.444. The lowest BCUT2D eigenvalue weighted by molar-refractivity contribution is -0.394. The molecule has 0 aliphatic heterocycles. The van der Waals surface area contributed by atoms with Crippen LogP contribution < -0.4 is 0 Å². The Balaban J connectivity index is 2.90. The number of nitro groups is 2. The van der Waals surface area contributed by atoms with E-state index >= 15 is 0 Å². The Morgan fingerprint density at radius 1 is 0.792 bits per heavy atom. The zero-order valence-electron chi connectivity index (χ0n) is 14.1. The van der Waals surface area contributed by atoms with Gasteiger partial charge in [0.05, 0.1) is 15.2 Å². The summed E-state index contributed by atoms with van der Waals surface area (Å²) in [5, 5.41) is 24.6. The van der Waals surface area contributed by atoms with E-state index in [4.69, 9.17) is 0 Å². The van der Waals surface area contributed by atoms with Gasteiger partial charge in [-0.1, -0.05) is 44.9 Å². The smallest absolute Gasteiger partial charge is 0.258 e. The van der Waals surface area contributed by atoms with Crippen molar-refractivity contribution in [1.29, 1.82) is 0 Å². The number of hydrogen-bond donors (Lipinski definition) is 0. The van der Waals surface area contributed by atoms with E-state index in [1.54, 1.807) is 24.3 Å². The zero-order valence-corrected chi connectivity index (χ0v) is 14.1. The third-order valence-corrected chi connectivity index (χ3v) is 4.29. The summed E-state index contributed by atoms with van der Waals surface area (Å²) < 4.78 is 0. The molecule has 0 aliphatic carbocycles. The van der Waals surface area contributed by atoms with Crippen LogP contribution in [0, 0.1) is 20.2 Å². The molecule has 0 unspecified atom stereocenters. The number of aryl methyl sites for hydroxylation is 1. The number of rotatable bonds is 8. The lowest BCUT2D eigenvalue weighted by Crippen LogP contribution is -2.07. The number of fused-ring (bicyclic) bond motifs is 1. The van der Waals surface area contributed by atoms with Crippen LogP contribution in [0.25, 0.3) is 10.8 Å². The molecule has 2 rings (SSSR count). The second-order valence-corrected chi connectivity index (χ2v) is 5.92. The van der Waals surface area contributed by atoms with Crippen LogP contribution in [0.2, 0.25) is 0 Å². The number of hydrogen-bond acceptors (Lipinski definition) is 4. The van der Waals surface area contributed by atoms with Gasteiger partial charge in [0.15, 0.2) is 0 Å². The fourth-order valence-electron chi connectivity index (χ4n) is 3.16. The lowest BCUT2D eigenvalue weighted by Gasteiger charge is -2.13. The van der Waals surface area contributed by atoms with Gasteiger partial charge in [-0.05, 0) is 37.1 Å². The highest BCUT2D eigenvalue weighted by Crippen LogP contribution is 2.41. The minimum Gasteiger partial charge on any atom is -0.258 e. The van der Waals surface area contributed by atoms with Gasteiger partial charge in [0.25, 0.3) is 11.4 Å². The van der Waals surface area contributed by atoms with E-state index < -0.39 is 9.85 Å². The van der Waals surface area contributed by atoms with E-state index in [0.717, 1.165) is 19.3 Å². The van der Waals surface area contributed by atoms with Gasteiger partial charge in [-0.25, -0.2) is 0 Å². The third kappa shape index (κ3) is 3.37. The molecule has 0 radical (unpaired) electrons. The highest BCUT2D eigenvalue weighted by atomic mass is 16.6. The maximum absolute atomic E-state index is 11.8. The van der Waals surface area contributed by atoms with E-state index in [9.17, 15) is 20.2 Å². The summed E-state index contributed by atoms with van der Waals surface area (Å²) in [4.78, 5) is 22.5. The molecule has 0 bridgehead atoms. The topological polar surface area (TPSA) is 86.3 Å². The van der Waals surface area contributed by atoms with Crippen LogP contribution in [-0.2, 0) is 12.8 Å².